The molecular formula is C28H26F3N3O5. The van der Waals surface area contributed by atoms with Crippen molar-refractivity contribution in [1.82, 2.24) is 14.8 Å². The highest BCUT2D eigenvalue weighted by Crippen LogP contribution is 2.30. The van der Waals surface area contributed by atoms with Crippen molar-refractivity contribution < 1.29 is 32.1 Å². The lowest BCUT2D eigenvalue weighted by Crippen LogP contribution is -2.20. The summed E-state index contributed by atoms with van der Waals surface area (Å²) in [5.41, 5.74) is 3.87. The molecule has 39 heavy (non-hydrogen) atoms. The Balaban J connectivity index is 1.50. The topological polar surface area (TPSA) is 84.7 Å². The van der Waals surface area contributed by atoms with Crippen molar-refractivity contribution in [3.8, 4) is 28.7 Å². The fraction of sp³-hybridized carbons (Fsp3) is 0.250. The van der Waals surface area contributed by atoms with E-state index in [0.29, 0.717) is 12.4 Å². The van der Waals surface area contributed by atoms with Crippen molar-refractivity contribution in [1.29, 1.82) is 0 Å². The minimum absolute atomic E-state index is 0.0759. The fourth-order valence-corrected chi connectivity index (χ4v) is 3.81. The van der Waals surface area contributed by atoms with E-state index >= 15 is 0 Å². The molecule has 8 nitrogen and oxygen atoms in total. The van der Waals surface area contributed by atoms with Gasteiger partial charge < -0.3 is 18.9 Å². The molecule has 0 atom stereocenters. The number of aryl methyl sites for hydroxylation is 2. The van der Waals surface area contributed by atoms with Crippen molar-refractivity contribution in [2.45, 2.75) is 40.3 Å². The van der Waals surface area contributed by atoms with Gasteiger partial charge in [0.15, 0.2) is 0 Å². The summed E-state index contributed by atoms with van der Waals surface area (Å²) in [6, 6.07) is 13.6. The van der Waals surface area contributed by atoms with Crippen LogP contribution >= 0.6 is 0 Å². The quantitative estimate of drug-likeness (QED) is 0.272. The molecule has 4 aromatic rings. The van der Waals surface area contributed by atoms with Gasteiger partial charge in [-0.05, 0) is 62.7 Å². The first-order valence-corrected chi connectivity index (χ1v) is 11.8. The summed E-state index contributed by atoms with van der Waals surface area (Å²) in [5, 5.41) is 4.09. The molecule has 2 aromatic carbocycles. The lowest BCUT2D eigenvalue weighted by molar-refractivity contribution is -0.274. The summed E-state index contributed by atoms with van der Waals surface area (Å²) < 4.78 is 59.3. The second kappa shape index (κ2) is 11.5. The van der Waals surface area contributed by atoms with E-state index in [-0.39, 0.29) is 18.0 Å². The van der Waals surface area contributed by atoms with E-state index in [1.54, 1.807) is 7.11 Å². The third-order valence-corrected chi connectivity index (χ3v) is 5.94. The summed E-state index contributed by atoms with van der Waals surface area (Å²) in [7, 11) is 1.61. The molecule has 2 heterocycles. The maximum atomic E-state index is 12.7. The Hall–Kier alpha value is -4.54. The van der Waals surface area contributed by atoms with E-state index < -0.39 is 17.7 Å². The third-order valence-electron chi connectivity index (χ3n) is 5.94. The summed E-state index contributed by atoms with van der Waals surface area (Å²) in [4.78, 5) is 17.3. The Bertz CT molecular complexity index is 1500. The molecule has 11 heteroatoms. The van der Waals surface area contributed by atoms with E-state index in [9.17, 15) is 18.0 Å². The lowest BCUT2D eigenvalue weighted by Gasteiger charge is -2.18. The second-order valence-corrected chi connectivity index (χ2v) is 8.62. The Labute approximate surface area is 222 Å². The number of aromatic nitrogens is 3. The van der Waals surface area contributed by atoms with Gasteiger partial charge >= 0.3 is 6.36 Å². The number of hydrogen-bond acceptors (Lipinski definition) is 7. The van der Waals surface area contributed by atoms with Crippen molar-refractivity contribution in [3.63, 3.8) is 0 Å². The zero-order chi connectivity index (χ0) is 28.2. The number of rotatable bonds is 9. The van der Waals surface area contributed by atoms with Crippen LogP contribution in [-0.2, 0) is 13.2 Å². The van der Waals surface area contributed by atoms with E-state index in [1.807, 2.05) is 45.0 Å². The monoisotopic (exact) mass is 541 g/mol. The maximum Gasteiger partial charge on any atom is 0.573 e. The number of pyridine rings is 1. The van der Waals surface area contributed by atoms with Gasteiger partial charge in [-0.15, -0.1) is 13.2 Å². The largest absolute Gasteiger partial charge is 0.573 e. The summed E-state index contributed by atoms with van der Waals surface area (Å²) in [6.45, 7) is 6.08. The highest BCUT2D eigenvalue weighted by molar-refractivity contribution is 5.45. The Morgan fingerprint density at radius 3 is 2.13 bits per heavy atom. The third kappa shape index (κ3) is 6.86. The predicted molar refractivity (Wildman–Crippen MR) is 137 cm³/mol. The molecule has 204 valence electrons. The van der Waals surface area contributed by atoms with E-state index in [4.69, 9.17) is 14.2 Å². The molecule has 0 N–H and O–H groups in total. The Morgan fingerprint density at radius 2 is 1.51 bits per heavy atom. The van der Waals surface area contributed by atoms with Crippen LogP contribution in [0.2, 0.25) is 0 Å². The van der Waals surface area contributed by atoms with Crippen molar-refractivity contribution in [2.75, 3.05) is 7.11 Å². The highest BCUT2D eigenvalue weighted by Gasteiger charge is 2.31. The summed E-state index contributed by atoms with van der Waals surface area (Å²) >= 11 is 0. The van der Waals surface area contributed by atoms with Crippen LogP contribution in [0.1, 0.15) is 28.1 Å². The van der Waals surface area contributed by atoms with Crippen LogP contribution in [0.3, 0.4) is 0 Å². The number of hydrogen-bond donors (Lipinski definition) is 0. The van der Waals surface area contributed by atoms with Gasteiger partial charge in [0.2, 0.25) is 0 Å². The first-order chi connectivity index (χ1) is 18.5. The molecule has 0 saturated carbocycles. The van der Waals surface area contributed by atoms with Crippen LogP contribution in [0, 0.1) is 20.8 Å². The van der Waals surface area contributed by atoms with E-state index in [0.717, 1.165) is 50.6 Å². The molecule has 0 spiro atoms. The number of methoxy groups -OCH3 is 1. The smallest absolute Gasteiger partial charge is 0.497 e. The average molecular weight is 542 g/mol. The van der Waals surface area contributed by atoms with Crippen LogP contribution in [0.5, 0.6) is 23.0 Å². The minimum Gasteiger partial charge on any atom is -0.497 e. The number of benzene rings is 2. The fourth-order valence-electron chi connectivity index (χ4n) is 3.81. The predicted octanol–water partition coefficient (Wildman–Crippen LogP) is 5.62. The number of nitrogens with zero attached hydrogens (tertiary/aromatic N) is 3. The van der Waals surface area contributed by atoms with Crippen LogP contribution in [0.15, 0.2) is 65.6 Å². The SMILES string of the molecule is COc1ccc(COc2c(C)c(C)nc(C)c2COc2cnn(-c3ccc(OC(F)(F)F)cc3)c(=O)c2)cc1. The van der Waals surface area contributed by atoms with Gasteiger partial charge in [0, 0.05) is 23.0 Å². The molecule has 0 aliphatic heterocycles. The van der Waals surface area contributed by atoms with Gasteiger partial charge in [0.1, 0.15) is 36.2 Å². The lowest BCUT2D eigenvalue weighted by atomic mass is 10.1. The molecule has 0 unspecified atom stereocenters. The van der Waals surface area contributed by atoms with Crippen LogP contribution in [0.25, 0.3) is 5.69 Å². The molecule has 0 saturated heterocycles. The van der Waals surface area contributed by atoms with Gasteiger partial charge in [-0.2, -0.15) is 9.78 Å². The molecule has 0 amide bonds. The molecule has 0 aliphatic rings. The average Bonchev–Trinajstić information content (AvgIpc) is 2.89. The van der Waals surface area contributed by atoms with E-state index in [2.05, 4.69) is 14.8 Å². The molecule has 2 aromatic heterocycles. The molecule has 0 radical (unpaired) electrons. The molecule has 0 bridgehead atoms. The first-order valence-electron chi connectivity index (χ1n) is 11.8. The summed E-state index contributed by atoms with van der Waals surface area (Å²) in [5.74, 6) is 1.22. The summed E-state index contributed by atoms with van der Waals surface area (Å²) in [6.07, 6.45) is -3.46. The molecule has 0 aliphatic carbocycles. The zero-order valence-corrected chi connectivity index (χ0v) is 21.7. The first kappa shape index (κ1) is 27.5. The Morgan fingerprint density at radius 1 is 0.846 bits per heavy atom. The van der Waals surface area contributed by atoms with Crippen molar-refractivity contribution in [2.24, 2.45) is 0 Å². The van der Waals surface area contributed by atoms with Crippen LogP contribution in [0.4, 0.5) is 13.2 Å². The van der Waals surface area contributed by atoms with Crippen LogP contribution < -0.4 is 24.5 Å². The Kier molecular flexibility index (Phi) is 8.08. The number of alkyl halides is 3. The van der Waals surface area contributed by atoms with Gasteiger partial charge in [0.05, 0.1) is 24.6 Å². The van der Waals surface area contributed by atoms with Crippen molar-refractivity contribution >= 4 is 0 Å². The molecule has 4 rings (SSSR count). The number of ether oxygens (including phenoxy) is 4. The molecule has 0 fully saturated rings. The van der Waals surface area contributed by atoms with Gasteiger partial charge in [-0.1, -0.05) is 12.1 Å². The second-order valence-electron chi connectivity index (χ2n) is 8.62. The van der Waals surface area contributed by atoms with Crippen LogP contribution in [-0.4, -0.2) is 28.2 Å². The van der Waals surface area contributed by atoms with Gasteiger partial charge in [0.25, 0.3) is 5.56 Å². The molecular weight excluding hydrogens is 515 g/mol. The normalized spacial score (nSPS) is 11.3. The maximum absolute atomic E-state index is 12.7. The minimum atomic E-state index is -4.81. The van der Waals surface area contributed by atoms with Gasteiger partial charge in [-0.3, -0.25) is 9.78 Å². The van der Waals surface area contributed by atoms with Gasteiger partial charge in [-0.25, -0.2) is 0 Å². The van der Waals surface area contributed by atoms with Crippen molar-refractivity contribution in [3.05, 3.63) is 99.2 Å². The standard InChI is InChI=1S/C28H26F3N3O5/c1-17-18(2)33-19(3)25(27(17)38-15-20-5-9-22(36-4)10-6-20)16-37-24-13-26(35)34(32-14-24)21-7-11-23(12-8-21)39-28(29,30)31/h5-14H,15-16H2,1-4H3. The highest BCUT2D eigenvalue weighted by atomic mass is 19.4. The van der Waals surface area contributed by atoms with E-state index in [1.165, 1.54) is 24.4 Å². The zero-order valence-electron chi connectivity index (χ0n) is 21.7. The number of halogens is 3.